The first-order valence-electron chi connectivity index (χ1n) is 6.24. The van der Waals surface area contributed by atoms with Crippen molar-refractivity contribution in [2.24, 2.45) is 4.99 Å². The second kappa shape index (κ2) is 5.02. The lowest BCUT2D eigenvalue weighted by molar-refractivity contribution is 0.0993. The lowest BCUT2D eigenvalue weighted by atomic mass is 9.96. The van der Waals surface area contributed by atoms with Crippen LogP contribution in [-0.2, 0) is 6.42 Å². The first-order chi connectivity index (χ1) is 9.34. The number of aliphatic imine (C=N–C) groups is 1. The molecule has 0 saturated carbocycles. The van der Waals surface area contributed by atoms with Gasteiger partial charge in [-0.15, -0.1) is 0 Å². The lowest BCUT2D eigenvalue weighted by Crippen LogP contribution is -2.08. The molecule has 3 rings (SSSR count). The van der Waals surface area contributed by atoms with E-state index in [2.05, 4.69) is 4.99 Å². The van der Waals surface area contributed by atoms with Crippen LogP contribution in [-0.4, -0.2) is 12.0 Å². The molecule has 0 bridgehead atoms. The van der Waals surface area contributed by atoms with Crippen molar-refractivity contribution in [1.29, 1.82) is 0 Å². The zero-order valence-corrected chi connectivity index (χ0v) is 10.4. The van der Waals surface area contributed by atoms with Gasteiger partial charge in [-0.05, 0) is 22.8 Å². The monoisotopic (exact) mass is 247 g/mol. The number of Topliss-reactive ketones (excluding diaryl/α,β-unsaturated/α-hetero) is 1. The molecule has 2 aromatic rings. The molecule has 19 heavy (non-hydrogen) atoms. The van der Waals surface area contributed by atoms with Crippen LogP contribution in [0.25, 0.3) is 6.08 Å². The van der Waals surface area contributed by atoms with Gasteiger partial charge in [-0.2, -0.15) is 0 Å². The molecule has 0 atom stereocenters. The molecule has 0 fully saturated rings. The molecule has 0 aliphatic carbocycles. The normalized spacial score (nSPS) is 17.2. The summed E-state index contributed by atoms with van der Waals surface area (Å²) < 4.78 is 0. The summed E-state index contributed by atoms with van der Waals surface area (Å²) >= 11 is 0. The SMILES string of the molecule is O=C1Cc2ccccc2/C=N/C=C\c2ccccc21. The van der Waals surface area contributed by atoms with Crippen molar-refractivity contribution < 1.29 is 4.79 Å². The quantitative estimate of drug-likeness (QED) is 0.700. The zero-order valence-electron chi connectivity index (χ0n) is 10.4. The summed E-state index contributed by atoms with van der Waals surface area (Å²) in [5.74, 6) is 0.142. The van der Waals surface area contributed by atoms with Crippen molar-refractivity contribution >= 4 is 18.1 Å². The van der Waals surface area contributed by atoms with Gasteiger partial charge in [0.25, 0.3) is 0 Å². The van der Waals surface area contributed by atoms with E-state index in [0.717, 1.165) is 22.3 Å². The van der Waals surface area contributed by atoms with E-state index in [1.54, 1.807) is 12.4 Å². The van der Waals surface area contributed by atoms with Gasteiger partial charge in [-0.3, -0.25) is 9.79 Å². The highest BCUT2D eigenvalue weighted by Crippen LogP contribution is 2.17. The van der Waals surface area contributed by atoms with Crippen molar-refractivity contribution in [3.8, 4) is 0 Å². The topological polar surface area (TPSA) is 29.4 Å². The minimum atomic E-state index is 0.142. The van der Waals surface area contributed by atoms with Crippen LogP contribution in [0.15, 0.2) is 59.7 Å². The molecule has 2 heteroatoms. The molecule has 0 N–H and O–H groups in total. The first kappa shape index (κ1) is 11.6. The summed E-state index contributed by atoms with van der Waals surface area (Å²) in [7, 11) is 0. The van der Waals surface area contributed by atoms with E-state index in [1.165, 1.54) is 0 Å². The Morgan fingerprint density at radius 3 is 2.53 bits per heavy atom. The molecule has 2 aromatic carbocycles. The zero-order chi connectivity index (χ0) is 13.1. The van der Waals surface area contributed by atoms with Crippen LogP contribution in [0, 0.1) is 0 Å². The molecule has 0 radical (unpaired) electrons. The maximum Gasteiger partial charge on any atom is 0.167 e. The van der Waals surface area contributed by atoms with Crippen molar-refractivity contribution in [2.45, 2.75) is 6.42 Å². The number of benzene rings is 2. The molecule has 1 aliphatic rings. The van der Waals surface area contributed by atoms with E-state index < -0.39 is 0 Å². The number of rotatable bonds is 0. The fraction of sp³-hybridized carbons (Fsp3) is 0.0588. The van der Waals surface area contributed by atoms with E-state index in [1.807, 2.05) is 54.6 Å². The maximum atomic E-state index is 12.4. The van der Waals surface area contributed by atoms with E-state index in [4.69, 9.17) is 0 Å². The molecule has 1 aliphatic heterocycles. The Morgan fingerprint density at radius 1 is 0.895 bits per heavy atom. The Hall–Kier alpha value is -2.48. The van der Waals surface area contributed by atoms with Crippen LogP contribution >= 0.6 is 0 Å². The fourth-order valence-electron chi connectivity index (χ4n) is 2.23. The van der Waals surface area contributed by atoms with E-state index >= 15 is 0 Å². The Morgan fingerprint density at radius 2 is 1.63 bits per heavy atom. The highest BCUT2D eigenvalue weighted by Gasteiger charge is 2.12. The van der Waals surface area contributed by atoms with Gasteiger partial charge in [0.05, 0.1) is 0 Å². The van der Waals surface area contributed by atoms with Crippen LogP contribution in [0.5, 0.6) is 0 Å². The Balaban J connectivity index is 2.13. The van der Waals surface area contributed by atoms with Crippen LogP contribution in [0.1, 0.15) is 27.0 Å². The Labute approximate surface area is 112 Å². The summed E-state index contributed by atoms with van der Waals surface area (Å²) in [4.78, 5) is 16.7. The lowest BCUT2D eigenvalue weighted by Gasteiger charge is -2.08. The third-order valence-corrected chi connectivity index (χ3v) is 3.22. The molecule has 0 saturated heterocycles. The fourth-order valence-corrected chi connectivity index (χ4v) is 2.23. The molecule has 2 nitrogen and oxygen atoms in total. The van der Waals surface area contributed by atoms with E-state index in [9.17, 15) is 4.79 Å². The average Bonchev–Trinajstić information content (AvgIpc) is 2.45. The number of hydrogen-bond donors (Lipinski definition) is 0. The number of nitrogens with zero attached hydrogens (tertiary/aromatic N) is 1. The number of carbonyl (C=O) groups is 1. The van der Waals surface area contributed by atoms with Crippen molar-refractivity contribution in [3.05, 3.63) is 77.0 Å². The van der Waals surface area contributed by atoms with Crippen LogP contribution in [0.4, 0.5) is 0 Å². The Bertz CT molecular complexity index is 683. The van der Waals surface area contributed by atoms with Crippen LogP contribution in [0.2, 0.25) is 0 Å². The summed E-state index contributed by atoms with van der Waals surface area (Å²) in [6.07, 6.45) is 5.81. The van der Waals surface area contributed by atoms with Gasteiger partial charge < -0.3 is 0 Å². The molecule has 0 unspecified atom stereocenters. The highest BCUT2D eigenvalue weighted by molar-refractivity contribution is 6.02. The van der Waals surface area contributed by atoms with Crippen LogP contribution in [0.3, 0.4) is 0 Å². The van der Waals surface area contributed by atoms with Crippen molar-refractivity contribution in [1.82, 2.24) is 0 Å². The predicted octanol–water partition coefficient (Wildman–Crippen LogP) is 3.52. The minimum absolute atomic E-state index is 0.142. The van der Waals surface area contributed by atoms with E-state index in [0.29, 0.717) is 6.42 Å². The van der Waals surface area contributed by atoms with Gasteiger partial charge in [0.1, 0.15) is 0 Å². The molecule has 0 amide bonds. The summed E-state index contributed by atoms with van der Waals surface area (Å²) in [6, 6.07) is 15.5. The van der Waals surface area contributed by atoms with Crippen molar-refractivity contribution in [2.75, 3.05) is 0 Å². The molecular formula is C17H13NO. The molecular weight excluding hydrogens is 234 g/mol. The smallest absolute Gasteiger partial charge is 0.167 e. The third kappa shape index (κ3) is 2.38. The van der Waals surface area contributed by atoms with Gasteiger partial charge in [0, 0.05) is 24.4 Å². The summed E-state index contributed by atoms with van der Waals surface area (Å²) in [6.45, 7) is 0. The highest BCUT2D eigenvalue weighted by atomic mass is 16.1. The number of hydrogen-bond acceptors (Lipinski definition) is 2. The second-order valence-electron chi connectivity index (χ2n) is 4.48. The molecule has 92 valence electrons. The van der Waals surface area contributed by atoms with Gasteiger partial charge in [-0.1, -0.05) is 48.5 Å². The first-order valence-corrected chi connectivity index (χ1v) is 6.24. The van der Waals surface area contributed by atoms with Gasteiger partial charge >= 0.3 is 0 Å². The molecule has 0 spiro atoms. The maximum absolute atomic E-state index is 12.4. The third-order valence-electron chi connectivity index (χ3n) is 3.22. The largest absolute Gasteiger partial charge is 0.294 e. The number of ketones is 1. The number of carbonyl (C=O) groups excluding carboxylic acids is 1. The Kier molecular flexibility index (Phi) is 3.07. The van der Waals surface area contributed by atoms with Crippen LogP contribution < -0.4 is 0 Å². The van der Waals surface area contributed by atoms with Crippen molar-refractivity contribution in [3.63, 3.8) is 0 Å². The number of fused-ring (bicyclic) bond motifs is 2. The molecule has 1 heterocycles. The van der Waals surface area contributed by atoms with Gasteiger partial charge in [0.2, 0.25) is 0 Å². The summed E-state index contributed by atoms with van der Waals surface area (Å²) in [5, 5.41) is 0. The second-order valence-corrected chi connectivity index (χ2v) is 4.48. The van der Waals surface area contributed by atoms with Gasteiger partial charge in [-0.25, -0.2) is 0 Å². The molecule has 0 aromatic heterocycles. The standard InChI is InChI=1S/C17H13NO/c19-17-11-14-6-1-2-7-15(14)12-18-10-9-13-5-3-4-8-16(13)17/h1-10,12H,11H2/b10-9-,18-12+. The van der Waals surface area contributed by atoms with Gasteiger partial charge in [0.15, 0.2) is 5.78 Å². The summed E-state index contributed by atoms with van der Waals surface area (Å²) in [5.41, 5.74) is 3.69. The minimum Gasteiger partial charge on any atom is -0.294 e. The predicted molar refractivity (Wildman–Crippen MR) is 77.5 cm³/mol. The van der Waals surface area contributed by atoms with E-state index in [-0.39, 0.29) is 5.78 Å². The average molecular weight is 247 g/mol.